The molecule has 0 heterocycles. The number of diazo groups is 2. The first-order valence-corrected chi connectivity index (χ1v) is 11.8. The van der Waals surface area contributed by atoms with Gasteiger partial charge in [-0.2, -0.15) is 0 Å². The van der Waals surface area contributed by atoms with Crippen LogP contribution in [0.3, 0.4) is 0 Å². The third-order valence-corrected chi connectivity index (χ3v) is 4.80. The number of halogens is 8. The standard InChI is InChI=1S/2C11H16N3O.2BF4/c2*1-4-14(5-2)9-6-7-10(13-12)11(8-9)15-3;2*2-1(3,4)5/h2*6-8H,4-5H2,1-3H3;;/q2*+1;2*-1. The molecule has 0 N–H and O–H groups in total. The number of anilines is 2. The molecule has 0 bridgehead atoms. The molecule has 0 aliphatic heterocycles. The van der Waals surface area contributed by atoms with Crippen LogP contribution in [0.1, 0.15) is 27.7 Å². The van der Waals surface area contributed by atoms with Gasteiger partial charge in [-0.05, 0) is 39.8 Å². The second-order valence-electron chi connectivity index (χ2n) is 7.25. The topological polar surface area (TPSA) is 81.2 Å². The Labute approximate surface area is 228 Å². The lowest BCUT2D eigenvalue weighted by molar-refractivity contribution is 0.366. The van der Waals surface area contributed by atoms with Crippen LogP contribution in [0.2, 0.25) is 0 Å². The molecule has 18 heteroatoms. The van der Waals surface area contributed by atoms with Crippen molar-refractivity contribution in [1.82, 2.24) is 0 Å². The molecule has 0 aromatic heterocycles. The molecule has 0 saturated carbocycles. The van der Waals surface area contributed by atoms with Gasteiger partial charge in [0.05, 0.1) is 14.2 Å². The number of nitrogens with zero attached hydrogens (tertiary/aromatic N) is 6. The van der Waals surface area contributed by atoms with Crippen molar-refractivity contribution in [3.63, 3.8) is 0 Å². The average Bonchev–Trinajstić information content (AvgIpc) is 2.88. The van der Waals surface area contributed by atoms with Crippen molar-refractivity contribution in [1.29, 1.82) is 10.8 Å². The van der Waals surface area contributed by atoms with Gasteiger partial charge in [-0.1, -0.05) is 0 Å². The van der Waals surface area contributed by atoms with Crippen LogP contribution in [0.15, 0.2) is 36.4 Å². The summed E-state index contributed by atoms with van der Waals surface area (Å²) in [5, 5.41) is 17.4. The van der Waals surface area contributed by atoms with Crippen molar-refractivity contribution in [3.05, 3.63) is 46.4 Å². The van der Waals surface area contributed by atoms with Gasteiger partial charge < -0.3 is 53.8 Å². The lowest BCUT2D eigenvalue weighted by atomic mass is 10.2. The summed E-state index contributed by atoms with van der Waals surface area (Å²) >= 11 is 0. The number of benzene rings is 2. The van der Waals surface area contributed by atoms with Gasteiger partial charge in [-0.25, -0.2) is 0 Å². The van der Waals surface area contributed by atoms with E-state index in [1.807, 2.05) is 24.3 Å². The van der Waals surface area contributed by atoms with Crippen LogP contribution in [0.5, 0.6) is 11.5 Å². The summed E-state index contributed by atoms with van der Waals surface area (Å²) < 4.78 is 88.3. The van der Waals surface area contributed by atoms with Crippen LogP contribution in [-0.4, -0.2) is 54.9 Å². The molecule has 0 aliphatic carbocycles. The predicted octanol–water partition coefficient (Wildman–Crippen LogP) is 8.65. The first-order valence-electron chi connectivity index (χ1n) is 11.8. The lowest BCUT2D eigenvalue weighted by Gasteiger charge is -2.20. The third-order valence-electron chi connectivity index (χ3n) is 4.80. The molecule has 224 valence electrons. The van der Waals surface area contributed by atoms with E-state index in [1.165, 1.54) is 0 Å². The Kier molecular flexibility index (Phi) is 18.3. The van der Waals surface area contributed by atoms with Crippen molar-refractivity contribution in [2.24, 2.45) is 0 Å². The summed E-state index contributed by atoms with van der Waals surface area (Å²) in [6.07, 6.45) is 0. The summed E-state index contributed by atoms with van der Waals surface area (Å²) in [7, 11) is -8.87. The maximum atomic E-state index is 9.75. The largest absolute Gasteiger partial charge is 0.673 e. The molecule has 2 aromatic rings. The Morgan fingerprint density at radius 2 is 0.850 bits per heavy atom. The molecule has 0 aliphatic rings. The second-order valence-corrected chi connectivity index (χ2v) is 7.25. The predicted molar refractivity (Wildman–Crippen MR) is 143 cm³/mol. The summed E-state index contributed by atoms with van der Waals surface area (Å²) in [6, 6.07) is 11.1. The Hall–Kier alpha value is -3.95. The Balaban J connectivity index is 0. The van der Waals surface area contributed by atoms with Gasteiger partial charge in [0.2, 0.25) is 22.3 Å². The van der Waals surface area contributed by atoms with Crippen molar-refractivity contribution in [3.8, 4) is 11.5 Å². The summed E-state index contributed by atoms with van der Waals surface area (Å²) in [4.78, 5) is 10.7. The Morgan fingerprint density at radius 1 is 0.600 bits per heavy atom. The highest BCUT2D eigenvalue weighted by Gasteiger charge is 2.21. The number of hydrogen-bond acceptors (Lipinski definition) is 6. The molecule has 0 spiro atoms. The highest BCUT2D eigenvalue weighted by molar-refractivity contribution is 6.50. The van der Waals surface area contributed by atoms with Gasteiger partial charge >= 0.3 is 25.9 Å². The van der Waals surface area contributed by atoms with E-state index in [-0.39, 0.29) is 0 Å². The highest BCUT2D eigenvalue weighted by Crippen LogP contribution is 2.32. The molecule has 0 saturated heterocycles. The van der Waals surface area contributed by atoms with E-state index in [9.17, 15) is 34.5 Å². The zero-order valence-corrected chi connectivity index (χ0v) is 23.0. The summed E-state index contributed by atoms with van der Waals surface area (Å²) in [5.74, 6) is 1.17. The van der Waals surface area contributed by atoms with Gasteiger partial charge in [0.25, 0.3) is 0 Å². The summed E-state index contributed by atoms with van der Waals surface area (Å²) in [6.45, 7) is 12.1. The number of hydrogen-bond donors (Lipinski definition) is 0. The van der Waals surface area contributed by atoms with Gasteiger partial charge in [0.1, 0.15) is 0 Å². The molecule has 0 unspecified atom stereocenters. The molecule has 2 aromatic carbocycles. The van der Waals surface area contributed by atoms with E-state index >= 15 is 0 Å². The molecule has 0 amide bonds. The van der Waals surface area contributed by atoms with Gasteiger partial charge in [-0.15, -0.1) is 0 Å². The summed E-state index contributed by atoms with van der Waals surface area (Å²) in [5.41, 5.74) is 3.05. The molecule has 8 nitrogen and oxygen atoms in total. The third kappa shape index (κ3) is 17.5. The monoisotopic (exact) mass is 586 g/mol. The molecular weight excluding hydrogens is 554 g/mol. The van der Waals surface area contributed by atoms with Gasteiger partial charge in [-0.3, -0.25) is 0 Å². The molecule has 0 atom stereocenters. The highest BCUT2D eigenvalue weighted by atomic mass is 19.5. The van der Waals surface area contributed by atoms with Crippen molar-refractivity contribution in [2.45, 2.75) is 27.7 Å². The molecule has 0 radical (unpaired) electrons. The van der Waals surface area contributed by atoms with Gasteiger partial charge in [0, 0.05) is 61.8 Å². The van der Waals surface area contributed by atoms with Crippen molar-refractivity contribution in [2.75, 3.05) is 50.2 Å². The van der Waals surface area contributed by atoms with Crippen molar-refractivity contribution >= 4 is 37.3 Å². The normalized spacial score (nSPS) is 10.1. The first-order chi connectivity index (χ1) is 18.5. The van der Waals surface area contributed by atoms with Gasteiger partial charge in [0.15, 0.2) is 9.95 Å². The smallest absolute Gasteiger partial charge is 0.489 e. The minimum atomic E-state index is -6.00. The zero-order chi connectivity index (χ0) is 31.5. The molecule has 40 heavy (non-hydrogen) atoms. The van der Waals surface area contributed by atoms with Crippen LogP contribution in [0.25, 0.3) is 9.95 Å². The van der Waals surface area contributed by atoms with E-state index in [0.717, 1.165) is 37.6 Å². The average molecular weight is 586 g/mol. The fourth-order valence-corrected chi connectivity index (χ4v) is 3.07. The second kappa shape index (κ2) is 19.2. The first kappa shape index (κ1) is 38.2. The quantitative estimate of drug-likeness (QED) is 0.175. The maximum absolute atomic E-state index is 9.75. The minimum absolute atomic E-state index is 0.452. The van der Waals surface area contributed by atoms with Crippen LogP contribution in [-0.2, 0) is 0 Å². The fourth-order valence-electron chi connectivity index (χ4n) is 3.07. The Morgan fingerprint density at radius 3 is 1.02 bits per heavy atom. The Bertz CT molecular complexity index is 989. The zero-order valence-electron chi connectivity index (χ0n) is 23.0. The van der Waals surface area contributed by atoms with Crippen LogP contribution in [0, 0.1) is 10.8 Å². The molecular formula is C22H32B2F8N6O2. The van der Waals surface area contributed by atoms with Crippen molar-refractivity contribution < 1.29 is 44.0 Å². The molecule has 0 fully saturated rings. The van der Waals surface area contributed by atoms with Crippen LogP contribution in [0.4, 0.5) is 57.3 Å². The SMILES string of the molecule is CCN(CC)c1ccc([N+]#N)c(OC)c1.CCN(CC)c1ccc([N+]#N)c(OC)c1.F[B-](F)(F)F.F[B-](F)(F)F. The van der Waals surface area contributed by atoms with E-state index in [0.29, 0.717) is 22.9 Å². The minimum Gasteiger partial charge on any atom is -0.489 e. The lowest BCUT2D eigenvalue weighted by Crippen LogP contribution is -2.21. The number of ether oxygens (including phenoxy) is 2. The number of methoxy groups -OCH3 is 2. The maximum Gasteiger partial charge on any atom is 0.673 e. The van der Waals surface area contributed by atoms with Crippen LogP contribution >= 0.6 is 0 Å². The van der Waals surface area contributed by atoms with E-state index in [1.54, 1.807) is 26.4 Å². The fraction of sp³-hybridized carbons (Fsp3) is 0.455. The van der Waals surface area contributed by atoms with E-state index in [2.05, 4.69) is 47.4 Å². The van der Waals surface area contributed by atoms with Crippen LogP contribution < -0.4 is 19.3 Å². The van der Waals surface area contributed by atoms with E-state index < -0.39 is 14.5 Å². The van der Waals surface area contributed by atoms with E-state index in [4.69, 9.17) is 20.3 Å². The molecule has 2 rings (SSSR count). The number of rotatable bonds is 8.